The summed E-state index contributed by atoms with van der Waals surface area (Å²) in [6.07, 6.45) is 3.84. The van der Waals surface area contributed by atoms with E-state index >= 15 is 0 Å². The predicted octanol–water partition coefficient (Wildman–Crippen LogP) is 1.21. The van der Waals surface area contributed by atoms with Gasteiger partial charge < -0.3 is 10.3 Å². The van der Waals surface area contributed by atoms with Gasteiger partial charge in [0, 0.05) is 46.5 Å². The number of hydrogen-bond donors (Lipinski definition) is 2. The molecule has 0 aliphatic rings. The first-order valence-electron chi connectivity index (χ1n) is 5.78. The lowest BCUT2D eigenvalue weighted by Gasteiger charge is -2.03. The lowest BCUT2D eigenvalue weighted by atomic mass is 10.1. The Morgan fingerprint density at radius 3 is 2.94 bits per heavy atom. The van der Waals surface area contributed by atoms with Crippen LogP contribution >= 0.6 is 0 Å². The molecule has 2 aromatic rings. The minimum Gasteiger partial charge on any atom is -0.361 e. The molecule has 2 rings (SSSR count). The van der Waals surface area contributed by atoms with Crippen molar-refractivity contribution >= 4 is 27.6 Å². The molecule has 0 saturated heterocycles. The van der Waals surface area contributed by atoms with Gasteiger partial charge in [0.2, 0.25) is 5.91 Å². The van der Waals surface area contributed by atoms with Gasteiger partial charge in [0.15, 0.2) is 0 Å². The van der Waals surface area contributed by atoms with E-state index < -0.39 is 10.8 Å². The lowest BCUT2D eigenvalue weighted by molar-refractivity contribution is -0.120. The molecule has 1 amide bonds. The second kappa shape index (κ2) is 5.82. The van der Waals surface area contributed by atoms with Crippen molar-refractivity contribution in [3.05, 3.63) is 36.0 Å². The SMILES string of the molecule is CS(=O)CCNC(=O)Cc1c[nH]c2ccccc12. The fraction of sp³-hybridized carbons (Fsp3) is 0.308. The Morgan fingerprint density at radius 1 is 1.39 bits per heavy atom. The summed E-state index contributed by atoms with van der Waals surface area (Å²) in [5.41, 5.74) is 2.02. The number of hydrogen-bond acceptors (Lipinski definition) is 2. The average Bonchev–Trinajstić information content (AvgIpc) is 2.72. The van der Waals surface area contributed by atoms with E-state index in [4.69, 9.17) is 0 Å². The van der Waals surface area contributed by atoms with E-state index in [1.165, 1.54) is 0 Å². The number of fused-ring (bicyclic) bond motifs is 1. The number of benzene rings is 1. The maximum absolute atomic E-state index is 11.7. The molecule has 2 N–H and O–H groups in total. The van der Waals surface area contributed by atoms with Crippen LogP contribution in [0.25, 0.3) is 10.9 Å². The summed E-state index contributed by atoms with van der Waals surface area (Å²) < 4.78 is 10.9. The Hall–Kier alpha value is -1.62. The molecule has 0 aliphatic carbocycles. The number of para-hydroxylation sites is 1. The molecule has 4 nitrogen and oxygen atoms in total. The van der Waals surface area contributed by atoms with Gasteiger partial charge in [-0.2, -0.15) is 0 Å². The van der Waals surface area contributed by atoms with E-state index in [9.17, 15) is 9.00 Å². The van der Waals surface area contributed by atoms with Crippen LogP contribution < -0.4 is 5.32 Å². The molecule has 0 bridgehead atoms. The third kappa shape index (κ3) is 3.20. The third-order valence-electron chi connectivity index (χ3n) is 2.74. The number of aromatic amines is 1. The maximum atomic E-state index is 11.7. The minimum absolute atomic E-state index is 0.0368. The molecule has 5 heteroatoms. The first-order valence-corrected chi connectivity index (χ1v) is 7.51. The number of rotatable bonds is 5. The molecule has 0 aliphatic heterocycles. The van der Waals surface area contributed by atoms with Crippen molar-refractivity contribution in [2.75, 3.05) is 18.6 Å². The van der Waals surface area contributed by atoms with Gasteiger partial charge in [-0.15, -0.1) is 0 Å². The van der Waals surface area contributed by atoms with Crippen molar-refractivity contribution in [1.29, 1.82) is 0 Å². The van der Waals surface area contributed by atoms with Gasteiger partial charge in [-0.05, 0) is 11.6 Å². The molecule has 1 aromatic heterocycles. The van der Waals surface area contributed by atoms with Crippen molar-refractivity contribution in [2.24, 2.45) is 0 Å². The molecule has 1 aromatic carbocycles. The molecule has 0 radical (unpaired) electrons. The Balaban J connectivity index is 1.97. The zero-order valence-corrected chi connectivity index (χ0v) is 11.0. The van der Waals surface area contributed by atoms with Gasteiger partial charge in [-0.25, -0.2) is 0 Å². The van der Waals surface area contributed by atoms with E-state index in [2.05, 4.69) is 10.3 Å². The van der Waals surface area contributed by atoms with Crippen LogP contribution in [-0.4, -0.2) is 33.7 Å². The summed E-state index contributed by atoms with van der Waals surface area (Å²) >= 11 is 0. The molecular weight excluding hydrogens is 248 g/mol. The molecule has 0 saturated carbocycles. The van der Waals surface area contributed by atoms with E-state index in [1.807, 2.05) is 30.5 Å². The second-order valence-electron chi connectivity index (χ2n) is 4.16. The van der Waals surface area contributed by atoms with Crippen LogP contribution in [0, 0.1) is 0 Å². The number of amides is 1. The molecule has 0 spiro atoms. The third-order valence-corrected chi connectivity index (χ3v) is 3.52. The van der Waals surface area contributed by atoms with Gasteiger partial charge in [0.1, 0.15) is 0 Å². The summed E-state index contributed by atoms with van der Waals surface area (Å²) in [5, 5.41) is 3.85. The van der Waals surface area contributed by atoms with Crippen LogP contribution in [0.2, 0.25) is 0 Å². The highest BCUT2D eigenvalue weighted by atomic mass is 32.2. The zero-order chi connectivity index (χ0) is 13.0. The van der Waals surface area contributed by atoms with Crippen LogP contribution in [0.15, 0.2) is 30.5 Å². The zero-order valence-electron chi connectivity index (χ0n) is 10.2. The van der Waals surface area contributed by atoms with Crippen LogP contribution in [0.1, 0.15) is 5.56 Å². The Labute approximate surface area is 108 Å². The van der Waals surface area contributed by atoms with Crippen molar-refractivity contribution < 1.29 is 9.00 Å². The topological polar surface area (TPSA) is 62.0 Å². The molecule has 1 atom stereocenters. The highest BCUT2D eigenvalue weighted by Crippen LogP contribution is 2.17. The summed E-state index contributed by atoms with van der Waals surface area (Å²) in [6.45, 7) is 0.463. The summed E-state index contributed by atoms with van der Waals surface area (Å²) in [7, 11) is -0.864. The first-order chi connectivity index (χ1) is 8.66. The van der Waals surface area contributed by atoms with Gasteiger partial charge in [-0.3, -0.25) is 9.00 Å². The van der Waals surface area contributed by atoms with Gasteiger partial charge in [-0.1, -0.05) is 18.2 Å². The molecular formula is C13H16N2O2S. The molecule has 96 valence electrons. The van der Waals surface area contributed by atoms with Crippen molar-refractivity contribution in [1.82, 2.24) is 10.3 Å². The standard InChI is InChI=1S/C13H16N2O2S/c1-18(17)7-6-14-13(16)8-10-9-15-12-5-3-2-4-11(10)12/h2-5,9,15H,6-8H2,1H3,(H,14,16). The first kappa shape index (κ1) is 12.8. The number of aromatic nitrogens is 1. The lowest BCUT2D eigenvalue weighted by Crippen LogP contribution is -2.28. The van der Waals surface area contributed by atoms with E-state index in [0.717, 1.165) is 16.5 Å². The quantitative estimate of drug-likeness (QED) is 0.852. The van der Waals surface area contributed by atoms with Crippen LogP contribution in [0.4, 0.5) is 0 Å². The molecule has 0 fully saturated rings. The van der Waals surface area contributed by atoms with Crippen LogP contribution in [0.5, 0.6) is 0 Å². The fourth-order valence-corrected chi connectivity index (χ4v) is 2.24. The number of nitrogens with one attached hydrogen (secondary N) is 2. The second-order valence-corrected chi connectivity index (χ2v) is 5.72. The summed E-state index contributed by atoms with van der Waals surface area (Å²) in [5.74, 6) is 0.463. The predicted molar refractivity (Wildman–Crippen MR) is 73.9 cm³/mol. The highest BCUT2D eigenvalue weighted by molar-refractivity contribution is 7.84. The van der Waals surface area contributed by atoms with Crippen LogP contribution in [-0.2, 0) is 22.0 Å². The Bertz CT molecular complexity index is 577. The van der Waals surface area contributed by atoms with Crippen LogP contribution in [0.3, 0.4) is 0 Å². The van der Waals surface area contributed by atoms with Crippen molar-refractivity contribution in [3.63, 3.8) is 0 Å². The largest absolute Gasteiger partial charge is 0.361 e. The van der Waals surface area contributed by atoms with E-state index in [0.29, 0.717) is 18.7 Å². The highest BCUT2D eigenvalue weighted by Gasteiger charge is 2.07. The summed E-state index contributed by atoms with van der Waals surface area (Å²) in [6, 6.07) is 7.89. The number of H-pyrrole nitrogens is 1. The van der Waals surface area contributed by atoms with Gasteiger partial charge >= 0.3 is 0 Å². The van der Waals surface area contributed by atoms with E-state index in [-0.39, 0.29) is 5.91 Å². The number of carbonyl (C=O) groups is 1. The number of carbonyl (C=O) groups excluding carboxylic acids is 1. The molecule has 18 heavy (non-hydrogen) atoms. The van der Waals surface area contributed by atoms with Crippen molar-refractivity contribution in [3.8, 4) is 0 Å². The normalized spacial score (nSPS) is 12.5. The van der Waals surface area contributed by atoms with Gasteiger partial charge in [0.25, 0.3) is 0 Å². The Kier molecular flexibility index (Phi) is 4.15. The fourth-order valence-electron chi connectivity index (χ4n) is 1.85. The summed E-state index contributed by atoms with van der Waals surface area (Å²) in [4.78, 5) is 14.9. The molecule has 1 unspecified atom stereocenters. The van der Waals surface area contributed by atoms with Gasteiger partial charge in [0.05, 0.1) is 6.42 Å². The smallest absolute Gasteiger partial charge is 0.224 e. The van der Waals surface area contributed by atoms with E-state index in [1.54, 1.807) is 6.26 Å². The average molecular weight is 264 g/mol. The monoisotopic (exact) mass is 264 g/mol. The molecule has 1 heterocycles. The maximum Gasteiger partial charge on any atom is 0.224 e. The van der Waals surface area contributed by atoms with Crippen molar-refractivity contribution in [2.45, 2.75) is 6.42 Å². The Morgan fingerprint density at radius 2 is 2.17 bits per heavy atom. The minimum atomic E-state index is -0.864.